The molecule has 2 N–H and O–H groups in total. The number of allylic oxidation sites excluding steroid dienone is 1. The number of carbonyl (C=O) groups is 1. The van der Waals surface area contributed by atoms with Crippen molar-refractivity contribution in [1.82, 2.24) is 0 Å². The summed E-state index contributed by atoms with van der Waals surface area (Å²) in [7, 11) is 6.41. The second kappa shape index (κ2) is 9.85. The fourth-order valence-electron chi connectivity index (χ4n) is 5.12. The number of methoxy groups -OCH3 is 4. The van der Waals surface area contributed by atoms with Crippen molar-refractivity contribution >= 4 is 17.2 Å². The van der Waals surface area contributed by atoms with Gasteiger partial charge in [-0.15, -0.1) is 0 Å². The van der Waals surface area contributed by atoms with Crippen LogP contribution < -0.4 is 29.6 Å². The van der Waals surface area contributed by atoms with Crippen LogP contribution in [0.15, 0.2) is 71.9 Å². The highest BCUT2D eigenvalue weighted by Gasteiger charge is 2.36. The number of fused-ring (bicyclic) bond motifs is 1. The van der Waals surface area contributed by atoms with Gasteiger partial charge in [-0.1, -0.05) is 24.3 Å². The number of hydrogen-bond acceptors (Lipinski definition) is 7. The lowest BCUT2D eigenvalue weighted by Crippen LogP contribution is -2.27. The molecule has 0 saturated carbocycles. The highest BCUT2D eigenvalue weighted by Crippen LogP contribution is 2.47. The average molecular weight is 487 g/mol. The van der Waals surface area contributed by atoms with Gasteiger partial charge in [0.05, 0.1) is 45.9 Å². The Balaban J connectivity index is 1.62. The van der Waals surface area contributed by atoms with Gasteiger partial charge in [-0.3, -0.25) is 4.79 Å². The van der Waals surface area contributed by atoms with Gasteiger partial charge in [0.25, 0.3) is 0 Å². The van der Waals surface area contributed by atoms with E-state index in [4.69, 9.17) is 18.9 Å². The highest BCUT2D eigenvalue weighted by molar-refractivity contribution is 6.01. The number of ketones is 1. The van der Waals surface area contributed by atoms with Crippen molar-refractivity contribution in [1.29, 1.82) is 0 Å². The number of nitrogens with one attached hydrogen (secondary N) is 2. The number of carbonyl (C=O) groups excluding carboxylic acids is 1. The fourth-order valence-corrected chi connectivity index (χ4v) is 5.12. The maximum absolute atomic E-state index is 13.8. The minimum Gasteiger partial charge on any atom is -0.497 e. The molecule has 3 aromatic carbocycles. The van der Waals surface area contributed by atoms with E-state index in [-0.39, 0.29) is 11.7 Å². The lowest BCUT2D eigenvalue weighted by molar-refractivity contribution is -0.116. The summed E-state index contributed by atoms with van der Waals surface area (Å²) in [5, 5.41) is 7.18. The molecule has 0 spiro atoms. The molecule has 0 radical (unpaired) electrons. The quantitative estimate of drug-likeness (QED) is 0.463. The third-order valence-electron chi connectivity index (χ3n) is 6.92. The molecule has 0 amide bonds. The minimum absolute atomic E-state index is 0.0699. The van der Waals surface area contributed by atoms with Crippen LogP contribution in [0.5, 0.6) is 23.0 Å². The molecule has 0 fully saturated rings. The Kier molecular flexibility index (Phi) is 6.46. The molecule has 7 heteroatoms. The Morgan fingerprint density at radius 1 is 0.750 bits per heavy atom. The molecule has 0 bridgehead atoms. The lowest BCUT2D eigenvalue weighted by Gasteiger charge is -2.30. The van der Waals surface area contributed by atoms with E-state index in [0.29, 0.717) is 30.1 Å². The van der Waals surface area contributed by atoms with Gasteiger partial charge >= 0.3 is 0 Å². The topological polar surface area (TPSA) is 78.1 Å². The number of para-hydroxylation sites is 2. The zero-order valence-corrected chi connectivity index (χ0v) is 20.9. The monoisotopic (exact) mass is 486 g/mol. The second-order valence-electron chi connectivity index (χ2n) is 8.90. The van der Waals surface area contributed by atoms with E-state index in [9.17, 15) is 4.79 Å². The Labute approximate surface area is 211 Å². The van der Waals surface area contributed by atoms with Crippen LogP contribution in [-0.4, -0.2) is 34.2 Å². The van der Waals surface area contributed by atoms with Gasteiger partial charge in [-0.2, -0.15) is 0 Å². The van der Waals surface area contributed by atoms with Crippen molar-refractivity contribution in [3.63, 3.8) is 0 Å². The molecule has 186 valence electrons. The summed E-state index contributed by atoms with van der Waals surface area (Å²) in [6.07, 6.45) is 1.14. The van der Waals surface area contributed by atoms with Crippen molar-refractivity contribution in [2.45, 2.75) is 24.8 Å². The summed E-state index contributed by atoms with van der Waals surface area (Å²) < 4.78 is 22.0. The van der Waals surface area contributed by atoms with Crippen molar-refractivity contribution < 1.29 is 23.7 Å². The van der Waals surface area contributed by atoms with E-state index < -0.39 is 6.04 Å². The standard InChI is InChI=1S/C29H30N2O5/c1-33-20-11-9-17(10-12-20)18-13-23-27(24(32)14-18)28(31-22-8-6-5-7-21(22)30-23)19-15-25(34-2)29(36-4)26(16-19)35-3/h5-12,15-16,18,28,30-31H,13-14H2,1-4H3/t18-,28+/m0/s1. The van der Waals surface area contributed by atoms with Crippen LogP contribution in [-0.2, 0) is 4.79 Å². The van der Waals surface area contributed by atoms with E-state index >= 15 is 0 Å². The molecule has 1 heterocycles. The van der Waals surface area contributed by atoms with Gasteiger partial charge in [0, 0.05) is 17.7 Å². The zero-order valence-electron chi connectivity index (χ0n) is 20.9. The normalized spacial score (nSPS) is 18.7. The van der Waals surface area contributed by atoms with Crippen LogP contribution in [0.3, 0.4) is 0 Å². The molecule has 5 rings (SSSR count). The van der Waals surface area contributed by atoms with Crippen molar-refractivity contribution in [2.24, 2.45) is 0 Å². The molecule has 7 nitrogen and oxygen atoms in total. The Morgan fingerprint density at radius 2 is 1.42 bits per heavy atom. The third kappa shape index (κ3) is 4.21. The largest absolute Gasteiger partial charge is 0.497 e. The van der Waals surface area contributed by atoms with Crippen LogP contribution in [0, 0.1) is 0 Å². The smallest absolute Gasteiger partial charge is 0.203 e. The summed E-state index contributed by atoms with van der Waals surface area (Å²) in [5.41, 5.74) is 5.47. The Bertz CT molecular complexity index is 1290. The van der Waals surface area contributed by atoms with Crippen LogP contribution in [0.25, 0.3) is 0 Å². The van der Waals surface area contributed by atoms with Gasteiger partial charge in [-0.25, -0.2) is 0 Å². The second-order valence-corrected chi connectivity index (χ2v) is 8.90. The SMILES string of the molecule is COc1ccc([C@@H]2CC(=O)C3=C(C2)Nc2ccccc2N[C@@H]3c2cc(OC)c(OC)c(OC)c2)cc1. The predicted octanol–water partition coefficient (Wildman–Crippen LogP) is 5.70. The molecule has 2 aliphatic rings. The first kappa shape index (κ1) is 23.6. The van der Waals surface area contributed by atoms with Gasteiger partial charge < -0.3 is 29.6 Å². The van der Waals surface area contributed by atoms with Crippen molar-refractivity contribution in [3.8, 4) is 23.0 Å². The number of benzene rings is 3. The van der Waals surface area contributed by atoms with Crippen LogP contribution in [0.4, 0.5) is 11.4 Å². The van der Waals surface area contributed by atoms with Crippen molar-refractivity contribution in [3.05, 3.63) is 83.1 Å². The summed E-state index contributed by atoms with van der Waals surface area (Å²) in [6.45, 7) is 0. The van der Waals surface area contributed by atoms with Crippen LogP contribution in [0.1, 0.15) is 35.9 Å². The molecule has 1 aliphatic heterocycles. The molecule has 0 unspecified atom stereocenters. The summed E-state index contributed by atoms with van der Waals surface area (Å²) >= 11 is 0. The van der Waals surface area contributed by atoms with Gasteiger partial charge in [-0.05, 0) is 59.9 Å². The van der Waals surface area contributed by atoms with E-state index in [2.05, 4.69) is 10.6 Å². The molecule has 0 aromatic heterocycles. The molecular formula is C29H30N2O5. The number of hydrogen-bond donors (Lipinski definition) is 2. The Morgan fingerprint density at radius 3 is 2.03 bits per heavy atom. The summed E-state index contributed by atoms with van der Waals surface area (Å²) in [6, 6.07) is 19.4. The average Bonchev–Trinajstić information content (AvgIpc) is 3.09. The first-order valence-corrected chi connectivity index (χ1v) is 11.9. The first-order valence-electron chi connectivity index (χ1n) is 11.9. The van der Waals surface area contributed by atoms with E-state index in [0.717, 1.165) is 39.5 Å². The fraction of sp³-hybridized carbons (Fsp3) is 0.276. The van der Waals surface area contributed by atoms with E-state index in [1.165, 1.54) is 0 Å². The summed E-state index contributed by atoms with van der Waals surface area (Å²) in [4.78, 5) is 13.8. The number of anilines is 2. The van der Waals surface area contributed by atoms with E-state index in [1.54, 1.807) is 28.4 Å². The van der Waals surface area contributed by atoms with Gasteiger partial charge in [0.1, 0.15) is 5.75 Å². The predicted molar refractivity (Wildman–Crippen MR) is 140 cm³/mol. The number of rotatable bonds is 6. The van der Waals surface area contributed by atoms with Crippen LogP contribution >= 0.6 is 0 Å². The molecule has 3 aromatic rings. The van der Waals surface area contributed by atoms with E-state index in [1.807, 2.05) is 60.7 Å². The van der Waals surface area contributed by atoms with Crippen molar-refractivity contribution in [2.75, 3.05) is 39.1 Å². The highest BCUT2D eigenvalue weighted by atomic mass is 16.5. The number of ether oxygens (including phenoxy) is 4. The molecule has 2 atom stereocenters. The summed E-state index contributed by atoms with van der Waals surface area (Å²) in [5.74, 6) is 2.57. The van der Waals surface area contributed by atoms with Gasteiger partial charge in [0.2, 0.25) is 5.75 Å². The molecule has 1 aliphatic carbocycles. The minimum atomic E-state index is -0.394. The third-order valence-corrected chi connectivity index (χ3v) is 6.92. The first-order chi connectivity index (χ1) is 17.6. The maximum Gasteiger partial charge on any atom is 0.203 e. The maximum atomic E-state index is 13.8. The van der Waals surface area contributed by atoms with Crippen LogP contribution in [0.2, 0.25) is 0 Å². The Hall–Kier alpha value is -4.13. The lowest BCUT2D eigenvalue weighted by atomic mass is 9.78. The molecule has 36 heavy (non-hydrogen) atoms. The zero-order chi connectivity index (χ0) is 25.2. The van der Waals surface area contributed by atoms with Gasteiger partial charge in [0.15, 0.2) is 17.3 Å². The molecular weight excluding hydrogens is 456 g/mol. The molecule has 0 saturated heterocycles. The number of Topliss-reactive ketones (excluding diaryl/α,β-unsaturated/α-hetero) is 1.